The van der Waals surface area contributed by atoms with E-state index in [1.165, 1.54) is 0 Å². The number of urea groups is 1. The van der Waals surface area contributed by atoms with Crippen molar-refractivity contribution in [2.45, 2.75) is 12.8 Å². The van der Waals surface area contributed by atoms with Gasteiger partial charge >= 0.3 is 12.0 Å². The molecule has 0 bridgehead atoms. The fourth-order valence-electron chi connectivity index (χ4n) is 2.21. The zero-order chi connectivity index (χ0) is 15.6. The SMILES string of the molecule is O=C(O)[C@@H]1CCCN(C(=O)Nc2c(Br)cc(Br)cc2Br)C1. The lowest BCUT2D eigenvalue weighted by molar-refractivity contribution is -0.143. The zero-order valence-electron chi connectivity index (χ0n) is 10.9. The van der Waals surface area contributed by atoms with E-state index in [2.05, 4.69) is 53.1 Å². The van der Waals surface area contributed by atoms with Crippen LogP contribution in [0.5, 0.6) is 0 Å². The van der Waals surface area contributed by atoms with Crippen molar-refractivity contribution in [3.05, 3.63) is 25.6 Å². The lowest BCUT2D eigenvalue weighted by Gasteiger charge is -2.31. The highest BCUT2D eigenvalue weighted by molar-refractivity contribution is 9.11. The molecule has 1 heterocycles. The van der Waals surface area contributed by atoms with Crippen molar-refractivity contribution >= 4 is 65.5 Å². The molecule has 5 nitrogen and oxygen atoms in total. The fourth-order valence-corrected chi connectivity index (χ4v) is 4.67. The van der Waals surface area contributed by atoms with Crippen molar-refractivity contribution in [1.29, 1.82) is 0 Å². The van der Waals surface area contributed by atoms with Gasteiger partial charge in [-0.3, -0.25) is 4.79 Å². The van der Waals surface area contributed by atoms with Gasteiger partial charge in [-0.2, -0.15) is 0 Å². The van der Waals surface area contributed by atoms with Crippen LogP contribution < -0.4 is 5.32 Å². The molecule has 0 radical (unpaired) electrons. The number of likely N-dealkylation sites (tertiary alicyclic amines) is 1. The third-order valence-electron chi connectivity index (χ3n) is 3.30. The van der Waals surface area contributed by atoms with Gasteiger partial charge in [0.15, 0.2) is 0 Å². The zero-order valence-corrected chi connectivity index (χ0v) is 15.7. The van der Waals surface area contributed by atoms with E-state index in [4.69, 9.17) is 5.11 Å². The summed E-state index contributed by atoms with van der Waals surface area (Å²) in [5.41, 5.74) is 0.626. The summed E-state index contributed by atoms with van der Waals surface area (Å²) in [6.45, 7) is 0.814. The van der Waals surface area contributed by atoms with Gasteiger partial charge in [0.2, 0.25) is 0 Å². The minimum absolute atomic E-state index is 0.243. The monoisotopic (exact) mass is 482 g/mol. The molecule has 1 aliphatic heterocycles. The molecule has 8 heteroatoms. The summed E-state index contributed by atoms with van der Waals surface area (Å²) >= 11 is 10.2. The Labute approximate surface area is 147 Å². The van der Waals surface area contributed by atoms with Crippen LogP contribution in [0, 0.1) is 5.92 Å². The second-order valence-electron chi connectivity index (χ2n) is 4.80. The van der Waals surface area contributed by atoms with E-state index in [1.54, 1.807) is 4.90 Å². The van der Waals surface area contributed by atoms with Crippen LogP contribution in [0.15, 0.2) is 25.6 Å². The van der Waals surface area contributed by atoms with Crippen LogP contribution in [0.3, 0.4) is 0 Å². The molecule has 1 aromatic carbocycles. The molecule has 114 valence electrons. The highest BCUT2D eigenvalue weighted by Crippen LogP contribution is 2.34. The Morgan fingerprint density at radius 3 is 2.43 bits per heavy atom. The molecule has 2 N–H and O–H groups in total. The quantitative estimate of drug-likeness (QED) is 0.657. The van der Waals surface area contributed by atoms with Gasteiger partial charge in [-0.05, 0) is 56.8 Å². The Morgan fingerprint density at radius 2 is 1.86 bits per heavy atom. The lowest BCUT2D eigenvalue weighted by Crippen LogP contribution is -2.44. The number of amides is 2. The predicted octanol–water partition coefficient (Wildman–Crippen LogP) is 4.30. The maximum absolute atomic E-state index is 12.3. The van der Waals surface area contributed by atoms with E-state index < -0.39 is 11.9 Å². The Hall–Kier alpha value is -0.600. The average Bonchev–Trinajstić information content (AvgIpc) is 2.42. The Kier molecular flexibility index (Phi) is 5.67. The standard InChI is InChI=1S/C13H13Br3N2O3/c14-8-4-9(15)11(10(16)5-8)17-13(21)18-3-1-2-7(6-18)12(19)20/h4-5,7H,1-3,6H2,(H,17,21)(H,19,20)/t7-/m1/s1. The van der Waals surface area contributed by atoms with Crippen molar-refractivity contribution < 1.29 is 14.7 Å². The number of nitrogens with zero attached hydrogens (tertiary/aromatic N) is 1. The van der Waals surface area contributed by atoms with Gasteiger partial charge in [0.05, 0.1) is 11.6 Å². The van der Waals surface area contributed by atoms with Crippen LogP contribution in [0.25, 0.3) is 0 Å². The first kappa shape index (κ1) is 16.8. The number of carboxylic acids is 1. The largest absolute Gasteiger partial charge is 0.481 e. The number of hydrogen-bond donors (Lipinski definition) is 2. The Balaban J connectivity index is 2.10. The number of anilines is 1. The summed E-state index contributed by atoms with van der Waals surface area (Å²) in [4.78, 5) is 24.9. The molecule has 0 aliphatic carbocycles. The highest BCUT2D eigenvalue weighted by atomic mass is 79.9. The number of piperidine rings is 1. The van der Waals surface area contributed by atoms with Gasteiger partial charge in [-0.1, -0.05) is 15.9 Å². The smallest absolute Gasteiger partial charge is 0.321 e. The van der Waals surface area contributed by atoms with Crippen LogP contribution in [0.4, 0.5) is 10.5 Å². The van der Waals surface area contributed by atoms with Crippen molar-refractivity contribution in [2.24, 2.45) is 5.92 Å². The molecular weight excluding hydrogens is 472 g/mol. The molecule has 1 aliphatic rings. The second-order valence-corrected chi connectivity index (χ2v) is 7.42. The van der Waals surface area contributed by atoms with Gasteiger partial charge in [-0.15, -0.1) is 0 Å². The van der Waals surface area contributed by atoms with Gasteiger partial charge < -0.3 is 15.3 Å². The topological polar surface area (TPSA) is 69.6 Å². The number of aliphatic carboxylic acids is 1. The van der Waals surface area contributed by atoms with Crippen molar-refractivity contribution in [1.82, 2.24) is 4.90 Å². The fraction of sp³-hybridized carbons (Fsp3) is 0.385. The first-order chi connectivity index (χ1) is 9.88. The van der Waals surface area contributed by atoms with E-state index in [-0.39, 0.29) is 12.6 Å². The van der Waals surface area contributed by atoms with Crippen LogP contribution in [-0.4, -0.2) is 35.1 Å². The Bertz CT molecular complexity index is 557. The van der Waals surface area contributed by atoms with Crippen molar-refractivity contribution in [3.63, 3.8) is 0 Å². The van der Waals surface area contributed by atoms with Crippen LogP contribution in [0.1, 0.15) is 12.8 Å². The maximum atomic E-state index is 12.3. The van der Waals surface area contributed by atoms with E-state index >= 15 is 0 Å². The van der Waals surface area contributed by atoms with E-state index in [0.717, 1.165) is 13.4 Å². The average molecular weight is 485 g/mol. The lowest BCUT2D eigenvalue weighted by atomic mass is 9.99. The Morgan fingerprint density at radius 1 is 1.24 bits per heavy atom. The third kappa shape index (κ3) is 4.20. The number of rotatable bonds is 2. The summed E-state index contributed by atoms with van der Waals surface area (Å²) in [6, 6.07) is 3.37. The minimum Gasteiger partial charge on any atom is -0.481 e. The van der Waals surface area contributed by atoms with E-state index in [0.29, 0.717) is 25.1 Å². The van der Waals surface area contributed by atoms with Crippen LogP contribution >= 0.6 is 47.8 Å². The van der Waals surface area contributed by atoms with Crippen molar-refractivity contribution in [2.75, 3.05) is 18.4 Å². The minimum atomic E-state index is -0.849. The molecule has 0 spiro atoms. The van der Waals surface area contributed by atoms with Crippen molar-refractivity contribution in [3.8, 4) is 0 Å². The molecule has 21 heavy (non-hydrogen) atoms. The molecule has 1 fully saturated rings. The molecular formula is C13H13Br3N2O3. The first-order valence-electron chi connectivity index (χ1n) is 6.31. The molecule has 2 rings (SSSR count). The number of nitrogens with one attached hydrogen (secondary N) is 1. The third-order valence-corrected chi connectivity index (χ3v) is 5.01. The molecule has 0 aromatic heterocycles. The van der Waals surface area contributed by atoms with Crippen LogP contribution in [0.2, 0.25) is 0 Å². The number of hydrogen-bond acceptors (Lipinski definition) is 2. The number of benzene rings is 1. The van der Waals surface area contributed by atoms with Gasteiger partial charge in [0.1, 0.15) is 0 Å². The van der Waals surface area contributed by atoms with Gasteiger partial charge in [0.25, 0.3) is 0 Å². The second kappa shape index (κ2) is 7.11. The van der Waals surface area contributed by atoms with Gasteiger partial charge in [-0.25, -0.2) is 4.79 Å². The summed E-state index contributed by atoms with van der Waals surface area (Å²) in [7, 11) is 0. The molecule has 0 unspecified atom stereocenters. The summed E-state index contributed by atoms with van der Waals surface area (Å²) in [6.07, 6.45) is 1.32. The first-order valence-corrected chi connectivity index (χ1v) is 8.69. The highest BCUT2D eigenvalue weighted by Gasteiger charge is 2.28. The molecule has 1 saturated heterocycles. The summed E-state index contributed by atoms with van der Waals surface area (Å²) in [5.74, 6) is -1.33. The maximum Gasteiger partial charge on any atom is 0.321 e. The van der Waals surface area contributed by atoms with Crippen LogP contribution in [-0.2, 0) is 4.79 Å². The van der Waals surface area contributed by atoms with Gasteiger partial charge in [0, 0.05) is 26.5 Å². The normalized spacial score (nSPS) is 18.4. The molecule has 2 amide bonds. The number of carbonyl (C=O) groups excluding carboxylic acids is 1. The number of carboxylic acid groups (broad SMARTS) is 1. The number of carbonyl (C=O) groups is 2. The summed E-state index contributed by atoms with van der Waals surface area (Å²) in [5, 5.41) is 11.9. The molecule has 1 aromatic rings. The predicted molar refractivity (Wildman–Crippen MR) is 90.5 cm³/mol. The molecule has 0 saturated carbocycles. The van der Waals surface area contributed by atoms with E-state index in [9.17, 15) is 9.59 Å². The molecule has 1 atom stereocenters. The van der Waals surface area contributed by atoms with E-state index in [1.807, 2.05) is 12.1 Å². The number of halogens is 3. The summed E-state index contributed by atoms with van der Waals surface area (Å²) < 4.78 is 2.36.